The average molecular weight is 557 g/mol. The highest BCUT2D eigenvalue weighted by Gasteiger charge is 2.31. The fraction of sp³-hybridized carbons (Fsp3) is 0.462. The minimum Gasteiger partial charge on any atom is -0.354 e. The molecular weight excluding hydrogens is 521 g/mol. The van der Waals surface area contributed by atoms with E-state index in [1.165, 1.54) is 4.90 Å². The number of anilines is 1. The Kier molecular flexibility index (Phi) is 11.1. The predicted molar refractivity (Wildman–Crippen MR) is 147 cm³/mol. The van der Waals surface area contributed by atoms with Crippen molar-refractivity contribution in [3.63, 3.8) is 0 Å². The van der Waals surface area contributed by atoms with Crippen LogP contribution in [0.5, 0.6) is 0 Å². The number of sulfonamides is 1. The first kappa shape index (κ1) is 29.9. The van der Waals surface area contributed by atoms with Gasteiger partial charge in [0.25, 0.3) is 0 Å². The molecule has 0 saturated heterocycles. The molecule has 0 aliphatic carbocycles. The molecule has 2 amide bonds. The van der Waals surface area contributed by atoms with Gasteiger partial charge in [0, 0.05) is 13.1 Å². The zero-order valence-electron chi connectivity index (χ0n) is 21.5. The van der Waals surface area contributed by atoms with Crippen LogP contribution in [0.25, 0.3) is 0 Å². The highest BCUT2D eigenvalue weighted by Crippen LogP contribution is 2.25. The molecule has 10 heteroatoms. The van der Waals surface area contributed by atoms with Gasteiger partial charge in [-0.15, -0.1) is 0 Å². The summed E-state index contributed by atoms with van der Waals surface area (Å²) in [5, 5.41) is 3.60. The number of nitrogens with one attached hydrogen (secondary N) is 1. The molecule has 0 aliphatic heterocycles. The third-order valence-electron chi connectivity index (χ3n) is 5.73. The average Bonchev–Trinajstić information content (AvgIpc) is 2.78. The van der Waals surface area contributed by atoms with Gasteiger partial charge in [0.1, 0.15) is 12.6 Å². The second-order valence-corrected chi connectivity index (χ2v) is 11.7. The summed E-state index contributed by atoms with van der Waals surface area (Å²) < 4.78 is 26.6. The number of amides is 2. The van der Waals surface area contributed by atoms with Crippen LogP contribution in [0.4, 0.5) is 5.69 Å². The number of unbranched alkanes of at least 4 members (excludes halogenated alkanes) is 1. The first-order valence-corrected chi connectivity index (χ1v) is 14.5. The Balaban J connectivity index is 2.46. The molecule has 0 spiro atoms. The van der Waals surface area contributed by atoms with Crippen LogP contribution >= 0.6 is 23.2 Å². The minimum atomic E-state index is -3.79. The van der Waals surface area contributed by atoms with Crippen LogP contribution in [0.15, 0.2) is 36.4 Å². The highest BCUT2D eigenvalue weighted by atomic mass is 35.5. The maximum atomic E-state index is 13.7. The molecular formula is C26H35Cl2N3O4S. The maximum absolute atomic E-state index is 13.7. The molecule has 2 aromatic rings. The number of nitrogens with zero attached hydrogens (tertiary/aromatic N) is 2. The predicted octanol–water partition coefficient (Wildman–Crippen LogP) is 5.10. The molecule has 0 aliphatic rings. The molecule has 2 rings (SSSR count). The van der Waals surface area contributed by atoms with Crippen LogP contribution in [0, 0.1) is 13.8 Å². The lowest BCUT2D eigenvalue weighted by molar-refractivity contribution is -0.140. The second kappa shape index (κ2) is 13.3. The van der Waals surface area contributed by atoms with Crippen molar-refractivity contribution in [3.05, 3.63) is 63.1 Å². The van der Waals surface area contributed by atoms with Gasteiger partial charge in [-0.25, -0.2) is 8.42 Å². The van der Waals surface area contributed by atoms with E-state index < -0.39 is 28.5 Å². The van der Waals surface area contributed by atoms with Gasteiger partial charge < -0.3 is 10.2 Å². The Hall–Kier alpha value is -2.29. The van der Waals surface area contributed by atoms with Crippen molar-refractivity contribution in [3.8, 4) is 0 Å². The SMILES string of the molecule is CCCCNC(=O)[C@H](CC)N(Cc1ccc(Cl)c(Cl)c1)C(=O)CN(c1cc(C)cc(C)c1)S(C)(=O)=O. The van der Waals surface area contributed by atoms with Gasteiger partial charge in [-0.05, 0) is 67.6 Å². The van der Waals surface area contributed by atoms with Crippen LogP contribution in [0.1, 0.15) is 49.8 Å². The van der Waals surface area contributed by atoms with Crippen LogP contribution in [0.2, 0.25) is 10.0 Å². The summed E-state index contributed by atoms with van der Waals surface area (Å²) >= 11 is 12.2. The number of hydrogen-bond donors (Lipinski definition) is 1. The molecule has 2 aromatic carbocycles. The largest absolute Gasteiger partial charge is 0.354 e. The Labute approximate surface area is 224 Å². The van der Waals surface area contributed by atoms with E-state index in [1.54, 1.807) is 30.3 Å². The summed E-state index contributed by atoms with van der Waals surface area (Å²) in [6.07, 6.45) is 3.16. The van der Waals surface area contributed by atoms with Gasteiger partial charge in [0.15, 0.2) is 0 Å². The number of carbonyl (C=O) groups is 2. The lowest BCUT2D eigenvalue weighted by Gasteiger charge is -2.33. The third kappa shape index (κ3) is 8.39. The van der Waals surface area contributed by atoms with Crippen LogP contribution in [0.3, 0.4) is 0 Å². The maximum Gasteiger partial charge on any atom is 0.244 e. The smallest absolute Gasteiger partial charge is 0.244 e. The van der Waals surface area contributed by atoms with Gasteiger partial charge in [-0.1, -0.05) is 55.6 Å². The Morgan fingerprint density at radius 1 is 1.00 bits per heavy atom. The number of carbonyl (C=O) groups excluding carboxylic acids is 2. The summed E-state index contributed by atoms with van der Waals surface area (Å²) in [5.74, 6) is -0.778. The van der Waals surface area contributed by atoms with Crippen molar-refractivity contribution in [2.75, 3.05) is 23.7 Å². The zero-order valence-corrected chi connectivity index (χ0v) is 23.8. The molecule has 1 atom stereocenters. The first-order chi connectivity index (χ1) is 16.9. The monoisotopic (exact) mass is 555 g/mol. The molecule has 0 radical (unpaired) electrons. The van der Waals surface area contributed by atoms with Crippen molar-refractivity contribution in [1.29, 1.82) is 0 Å². The molecule has 0 unspecified atom stereocenters. The van der Waals surface area contributed by atoms with Gasteiger partial charge in [0.2, 0.25) is 21.8 Å². The number of aryl methyl sites for hydroxylation is 2. The molecule has 1 N–H and O–H groups in total. The van der Waals surface area contributed by atoms with Crippen molar-refractivity contribution in [2.45, 2.75) is 59.5 Å². The Bertz CT molecular complexity index is 1170. The fourth-order valence-corrected chi connectivity index (χ4v) is 5.12. The summed E-state index contributed by atoms with van der Waals surface area (Å²) in [6, 6.07) is 9.58. The van der Waals surface area contributed by atoms with Gasteiger partial charge in [-0.3, -0.25) is 13.9 Å². The summed E-state index contributed by atoms with van der Waals surface area (Å²) in [4.78, 5) is 28.2. The van der Waals surface area contributed by atoms with Gasteiger partial charge >= 0.3 is 0 Å². The van der Waals surface area contributed by atoms with Crippen molar-refractivity contribution >= 4 is 50.7 Å². The quantitative estimate of drug-likeness (QED) is 0.369. The zero-order chi connectivity index (χ0) is 27.0. The molecule has 7 nitrogen and oxygen atoms in total. The molecule has 0 aromatic heterocycles. The van der Waals surface area contributed by atoms with Crippen LogP contribution < -0.4 is 9.62 Å². The summed E-state index contributed by atoms with van der Waals surface area (Å²) in [6.45, 7) is 7.69. The van der Waals surface area contributed by atoms with E-state index in [0.29, 0.717) is 34.3 Å². The second-order valence-electron chi connectivity index (χ2n) is 8.95. The topological polar surface area (TPSA) is 86.8 Å². The summed E-state index contributed by atoms with van der Waals surface area (Å²) in [7, 11) is -3.79. The van der Waals surface area contributed by atoms with Crippen LogP contribution in [-0.2, 0) is 26.2 Å². The molecule has 0 bridgehead atoms. The van der Waals surface area contributed by atoms with Crippen LogP contribution in [-0.4, -0.2) is 50.5 Å². The number of rotatable bonds is 12. The van der Waals surface area contributed by atoms with E-state index >= 15 is 0 Å². The highest BCUT2D eigenvalue weighted by molar-refractivity contribution is 7.92. The van der Waals surface area contributed by atoms with Crippen molar-refractivity contribution in [1.82, 2.24) is 10.2 Å². The van der Waals surface area contributed by atoms with E-state index in [9.17, 15) is 18.0 Å². The van der Waals surface area contributed by atoms with Gasteiger partial charge in [0.05, 0.1) is 22.0 Å². The van der Waals surface area contributed by atoms with E-state index in [-0.39, 0.29) is 12.5 Å². The first-order valence-electron chi connectivity index (χ1n) is 11.9. The lowest BCUT2D eigenvalue weighted by atomic mass is 10.1. The van der Waals surface area contributed by atoms with E-state index in [0.717, 1.165) is 34.5 Å². The Morgan fingerprint density at radius 2 is 1.64 bits per heavy atom. The lowest BCUT2D eigenvalue weighted by Crippen LogP contribution is -2.52. The van der Waals surface area contributed by atoms with E-state index in [4.69, 9.17) is 23.2 Å². The summed E-state index contributed by atoms with van der Waals surface area (Å²) in [5.41, 5.74) is 2.83. The number of benzene rings is 2. The Morgan fingerprint density at radius 3 is 2.17 bits per heavy atom. The number of halogens is 2. The van der Waals surface area contributed by atoms with Crippen molar-refractivity contribution < 1.29 is 18.0 Å². The minimum absolute atomic E-state index is 0.0693. The van der Waals surface area contributed by atoms with E-state index in [1.807, 2.05) is 33.8 Å². The fourth-order valence-electron chi connectivity index (χ4n) is 3.97. The molecule has 0 fully saturated rings. The molecule has 198 valence electrons. The normalized spacial score (nSPS) is 12.2. The third-order valence-corrected chi connectivity index (χ3v) is 7.61. The van der Waals surface area contributed by atoms with Crippen molar-refractivity contribution in [2.24, 2.45) is 0 Å². The molecule has 36 heavy (non-hydrogen) atoms. The van der Waals surface area contributed by atoms with Gasteiger partial charge in [-0.2, -0.15) is 0 Å². The van der Waals surface area contributed by atoms with E-state index in [2.05, 4.69) is 5.32 Å². The number of hydrogen-bond acceptors (Lipinski definition) is 4. The molecule has 0 heterocycles. The molecule has 0 saturated carbocycles. The standard InChI is InChI=1S/C26H35Cl2N3O4S/c1-6-8-11-29-26(33)24(7-2)30(16-20-9-10-22(27)23(28)15-20)25(32)17-31(36(5,34)35)21-13-18(3)12-19(4)14-21/h9-10,12-15,24H,6-8,11,16-17H2,1-5H3,(H,29,33)/t24-/m0/s1.